The highest BCUT2D eigenvalue weighted by Crippen LogP contribution is 2.27. The molecule has 0 unspecified atom stereocenters. The topological polar surface area (TPSA) is 58.4 Å². The Balaban J connectivity index is 1.72. The smallest absolute Gasteiger partial charge is 0.224 e. The van der Waals surface area contributed by atoms with Crippen molar-refractivity contribution in [1.29, 1.82) is 0 Å². The largest absolute Gasteiger partial charge is 0.397 e. The first-order chi connectivity index (χ1) is 10.1. The Kier molecular flexibility index (Phi) is 5.88. The standard InChI is InChI=1S/C16H24ClN3O/c1-2-9-20(13-6-7-13)10-3-4-16(21)19-12-5-8-14(17)15(18)11-12/h5,8,11,13H,2-4,6-7,9-10,18H2,1H3,(H,19,21). The van der Waals surface area contributed by atoms with E-state index in [2.05, 4.69) is 17.1 Å². The van der Waals surface area contributed by atoms with Crippen molar-refractivity contribution in [2.45, 2.75) is 45.1 Å². The van der Waals surface area contributed by atoms with Crippen LogP contribution in [0.1, 0.15) is 39.0 Å². The molecule has 1 saturated carbocycles. The van der Waals surface area contributed by atoms with Gasteiger partial charge in [-0.1, -0.05) is 18.5 Å². The van der Waals surface area contributed by atoms with E-state index in [9.17, 15) is 4.79 Å². The normalized spacial score (nSPS) is 14.4. The van der Waals surface area contributed by atoms with Gasteiger partial charge in [-0.2, -0.15) is 0 Å². The summed E-state index contributed by atoms with van der Waals surface area (Å²) in [5.74, 6) is 0.0315. The van der Waals surface area contributed by atoms with Gasteiger partial charge in [-0.05, 0) is 57.0 Å². The molecule has 0 aromatic heterocycles. The SMILES string of the molecule is CCCN(CCCC(=O)Nc1ccc(Cl)c(N)c1)C1CC1. The molecule has 2 rings (SSSR count). The maximum absolute atomic E-state index is 11.9. The number of nitrogens with one attached hydrogen (secondary N) is 1. The van der Waals surface area contributed by atoms with E-state index < -0.39 is 0 Å². The van der Waals surface area contributed by atoms with Gasteiger partial charge in [0.05, 0.1) is 10.7 Å². The third kappa shape index (κ3) is 5.21. The van der Waals surface area contributed by atoms with Crippen LogP contribution < -0.4 is 11.1 Å². The van der Waals surface area contributed by atoms with Crippen molar-refractivity contribution < 1.29 is 4.79 Å². The zero-order valence-electron chi connectivity index (χ0n) is 12.6. The number of rotatable bonds is 8. The predicted molar refractivity (Wildman–Crippen MR) is 88.6 cm³/mol. The number of hydrogen-bond acceptors (Lipinski definition) is 3. The van der Waals surface area contributed by atoms with E-state index in [1.165, 1.54) is 19.3 Å². The lowest BCUT2D eigenvalue weighted by Crippen LogP contribution is -2.28. The second-order valence-electron chi connectivity index (χ2n) is 5.66. The molecule has 4 nitrogen and oxygen atoms in total. The molecule has 1 aromatic rings. The average molecular weight is 310 g/mol. The molecule has 3 N–H and O–H groups in total. The number of carbonyl (C=O) groups is 1. The van der Waals surface area contributed by atoms with Gasteiger partial charge in [0, 0.05) is 18.2 Å². The van der Waals surface area contributed by atoms with Crippen molar-refractivity contribution in [3.8, 4) is 0 Å². The number of nitrogens with zero attached hydrogens (tertiary/aromatic N) is 1. The maximum atomic E-state index is 11.9. The monoisotopic (exact) mass is 309 g/mol. The van der Waals surface area contributed by atoms with Gasteiger partial charge < -0.3 is 16.0 Å². The third-order valence-electron chi connectivity index (χ3n) is 3.70. The Morgan fingerprint density at radius 2 is 2.19 bits per heavy atom. The van der Waals surface area contributed by atoms with Gasteiger partial charge in [0.1, 0.15) is 0 Å². The summed E-state index contributed by atoms with van der Waals surface area (Å²) in [5, 5.41) is 3.37. The average Bonchev–Trinajstić information content (AvgIpc) is 3.26. The number of halogens is 1. The molecule has 1 aromatic carbocycles. The van der Waals surface area contributed by atoms with Gasteiger partial charge >= 0.3 is 0 Å². The predicted octanol–water partition coefficient (Wildman–Crippen LogP) is 3.52. The lowest BCUT2D eigenvalue weighted by molar-refractivity contribution is -0.116. The second kappa shape index (κ2) is 7.66. The second-order valence-corrected chi connectivity index (χ2v) is 6.06. The highest BCUT2D eigenvalue weighted by molar-refractivity contribution is 6.33. The molecule has 5 heteroatoms. The van der Waals surface area contributed by atoms with Crippen molar-refractivity contribution in [3.63, 3.8) is 0 Å². The Bertz CT molecular complexity index is 488. The molecule has 1 aliphatic carbocycles. The number of nitrogen functional groups attached to an aromatic ring is 1. The molecule has 0 saturated heterocycles. The lowest BCUT2D eigenvalue weighted by atomic mass is 10.2. The number of anilines is 2. The van der Waals surface area contributed by atoms with E-state index in [-0.39, 0.29) is 5.91 Å². The Morgan fingerprint density at radius 1 is 1.43 bits per heavy atom. The fraction of sp³-hybridized carbons (Fsp3) is 0.562. The summed E-state index contributed by atoms with van der Waals surface area (Å²) in [6, 6.07) is 5.92. The van der Waals surface area contributed by atoms with Crippen LogP contribution in [-0.2, 0) is 4.79 Å². The molecular formula is C16H24ClN3O. The summed E-state index contributed by atoms with van der Waals surface area (Å²) in [6.45, 7) is 4.35. The zero-order valence-corrected chi connectivity index (χ0v) is 13.3. The first-order valence-electron chi connectivity index (χ1n) is 7.69. The highest BCUT2D eigenvalue weighted by Gasteiger charge is 2.27. The number of benzene rings is 1. The summed E-state index contributed by atoms with van der Waals surface area (Å²) in [7, 11) is 0. The molecule has 1 aliphatic rings. The molecule has 0 spiro atoms. The lowest BCUT2D eigenvalue weighted by Gasteiger charge is -2.20. The van der Waals surface area contributed by atoms with Crippen LogP contribution in [0.3, 0.4) is 0 Å². The van der Waals surface area contributed by atoms with Gasteiger partial charge in [0.2, 0.25) is 5.91 Å². The molecule has 1 amide bonds. The maximum Gasteiger partial charge on any atom is 0.224 e. The first-order valence-corrected chi connectivity index (χ1v) is 8.07. The Labute approximate surface area is 131 Å². The molecular weight excluding hydrogens is 286 g/mol. The van der Waals surface area contributed by atoms with Crippen LogP contribution in [0.5, 0.6) is 0 Å². The summed E-state index contributed by atoms with van der Waals surface area (Å²) >= 11 is 5.86. The van der Waals surface area contributed by atoms with Crippen LogP contribution in [0.4, 0.5) is 11.4 Å². The van der Waals surface area contributed by atoms with E-state index >= 15 is 0 Å². The van der Waals surface area contributed by atoms with Gasteiger partial charge in [0.15, 0.2) is 0 Å². The van der Waals surface area contributed by atoms with Crippen molar-refractivity contribution in [3.05, 3.63) is 23.2 Å². The summed E-state index contributed by atoms with van der Waals surface area (Å²) in [6.07, 6.45) is 5.24. The van der Waals surface area contributed by atoms with Gasteiger partial charge in [-0.3, -0.25) is 4.79 Å². The van der Waals surface area contributed by atoms with Crippen LogP contribution in [0.2, 0.25) is 5.02 Å². The molecule has 0 heterocycles. The zero-order chi connectivity index (χ0) is 15.2. The Hall–Kier alpha value is -1.26. The molecule has 0 radical (unpaired) electrons. The van der Waals surface area contributed by atoms with Gasteiger partial charge in [-0.15, -0.1) is 0 Å². The van der Waals surface area contributed by atoms with E-state index in [4.69, 9.17) is 17.3 Å². The summed E-state index contributed by atoms with van der Waals surface area (Å²) in [5.41, 5.74) is 6.91. The first kappa shape index (κ1) is 16.1. The minimum atomic E-state index is 0.0315. The highest BCUT2D eigenvalue weighted by atomic mass is 35.5. The number of carbonyl (C=O) groups excluding carboxylic acids is 1. The van der Waals surface area contributed by atoms with E-state index in [0.29, 0.717) is 22.8 Å². The molecule has 116 valence electrons. The third-order valence-corrected chi connectivity index (χ3v) is 4.05. The van der Waals surface area contributed by atoms with Crippen molar-refractivity contribution in [1.82, 2.24) is 4.90 Å². The van der Waals surface area contributed by atoms with Crippen LogP contribution in [0, 0.1) is 0 Å². The number of amides is 1. The van der Waals surface area contributed by atoms with Crippen LogP contribution in [0.15, 0.2) is 18.2 Å². The van der Waals surface area contributed by atoms with E-state index in [1.807, 2.05) is 0 Å². The minimum Gasteiger partial charge on any atom is -0.397 e. The van der Waals surface area contributed by atoms with Crippen LogP contribution >= 0.6 is 11.6 Å². The molecule has 0 bridgehead atoms. The van der Waals surface area contributed by atoms with Crippen molar-refractivity contribution >= 4 is 28.9 Å². The fourth-order valence-corrected chi connectivity index (χ4v) is 2.61. The molecule has 0 aliphatic heterocycles. The van der Waals surface area contributed by atoms with Gasteiger partial charge in [-0.25, -0.2) is 0 Å². The van der Waals surface area contributed by atoms with Crippen molar-refractivity contribution in [2.75, 3.05) is 24.1 Å². The van der Waals surface area contributed by atoms with Crippen LogP contribution in [0.25, 0.3) is 0 Å². The molecule has 1 fully saturated rings. The fourth-order valence-electron chi connectivity index (χ4n) is 2.49. The van der Waals surface area contributed by atoms with Crippen LogP contribution in [-0.4, -0.2) is 29.9 Å². The quantitative estimate of drug-likeness (QED) is 0.722. The van der Waals surface area contributed by atoms with E-state index in [1.54, 1.807) is 18.2 Å². The minimum absolute atomic E-state index is 0.0315. The summed E-state index contributed by atoms with van der Waals surface area (Å²) in [4.78, 5) is 14.4. The van der Waals surface area contributed by atoms with E-state index in [0.717, 1.165) is 25.6 Å². The summed E-state index contributed by atoms with van der Waals surface area (Å²) < 4.78 is 0. The van der Waals surface area contributed by atoms with Crippen molar-refractivity contribution in [2.24, 2.45) is 0 Å². The number of hydrogen-bond donors (Lipinski definition) is 2. The molecule has 21 heavy (non-hydrogen) atoms. The molecule has 0 atom stereocenters. The number of nitrogens with two attached hydrogens (primary N) is 1. The van der Waals surface area contributed by atoms with Gasteiger partial charge in [0.25, 0.3) is 0 Å². The Morgan fingerprint density at radius 3 is 2.81 bits per heavy atom.